The Morgan fingerprint density at radius 1 is 0.731 bits per heavy atom. The molecule has 5 saturated carbocycles. The third kappa shape index (κ3) is 0.913. The molecule has 26 heavy (non-hydrogen) atoms. The second-order valence-corrected chi connectivity index (χ2v) is 17.3. The number of hydrogen-bond donors (Lipinski definition) is 0. The lowest BCUT2D eigenvalue weighted by Gasteiger charge is -2.52. The van der Waals surface area contributed by atoms with Gasteiger partial charge in [0.25, 0.3) is 0 Å². The van der Waals surface area contributed by atoms with Gasteiger partial charge < -0.3 is 4.74 Å². The van der Waals surface area contributed by atoms with Crippen LogP contribution in [0.5, 0.6) is 0 Å². The van der Waals surface area contributed by atoms with Gasteiger partial charge in [0.2, 0.25) is 0 Å². The number of hydrogen-bond acceptors (Lipinski definition) is 5. The molecule has 0 aromatic carbocycles. The fourth-order valence-electron chi connectivity index (χ4n) is 9.01. The van der Waals surface area contributed by atoms with Gasteiger partial charge in [0.05, 0.1) is 21.7 Å². The van der Waals surface area contributed by atoms with E-state index in [4.69, 9.17) is 4.74 Å². The summed E-state index contributed by atoms with van der Waals surface area (Å²) in [6.45, 7) is 10.3. The van der Waals surface area contributed by atoms with Crippen molar-refractivity contribution < 1.29 is 21.6 Å². The highest BCUT2D eigenvalue weighted by Crippen LogP contribution is 3.13. The normalized spacial score (nSPS) is 58.2. The third-order valence-corrected chi connectivity index (χ3v) is 16.1. The molecule has 2 saturated heterocycles. The molecule has 5 aliphatic carbocycles. The Labute approximate surface area is 156 Å². The minimum Gasteiger partial charge on any atom is -0.370 e. The topological polar surface area (TPSA) is 77.5 Å². The van der Waals surface area contributed by atoms with Crippen molar-refractivity contribution in [1.82, 2.24) is 0 Å². The molecule has 2 spiro atoms. The molecule has 8 unspecified atom stereocenters. The van der Waals surface area contributed by atoms with Crippen LogP contribution < -0.4 is 0 Å². The molecule has 0 aromatic heterocycles. The number of ether oxygens (including phenoxy) is 1. The van der Waals surface area contributed by atoms with Gasteiger partial charge in [-0.1, -0.05) is 0 Å². The van der Waals surface area contributed by atoms with Gasteiger partial charge in [-0.15, -0.1) is 0 Å². The predicted octanol–water partition coefficient (Wildman–Crippen LogP) is 2.10. The SMILES string of the molecule is CC(C)(C)S(=O)(=O)C12C3OC4C5(C6CCC(C6)C351)C42S(=O)(=O)C(C)(C)C. The summed E-state index contributed by atoms with van der Waals surface area (Å²) in [6.07, 6.45) is 2.28. The van der Waals surface area contributed by atoms with Gasteiger partial charge in [0.1, 0.15) is 9.49 Å². The molecule has 7 heteroatoms. The van der Waals surface area contributed by atoms with Gasteiger partial charge in [-0.05, 0) is 72.6 Å². The van der Waals surface area contributed by atoms with Crippen LogP contribution in [0.1, 0.15) is 60.8 Å². The summed E-state index contributed by atoms with van der Waals surface area (Å²) in [5, 5.41) is 0. The summed E-state index contributed by atoms with van der Waals surface area (Å²) in [7, 11) is -7.35. The largest absolute Gasteiger partial charge is 0.370 e. The van der Waals surface area contributed by atoms with Crippen molar-refractivity contribution in [3.63, 3.8) is 0 Å². The Bertz CT molecular complexity index is 920. The van der Waals surface area contributed by atoms with E-state index in [-0.39, 0.29) is 0 Å². The zero-order valence-electron chi connectivity index (χ0n) is 16.3. The zero-order chi connectivity index (χ0) is 19.1. The van der Waals surface area contributed by atoms with Gasteiger partial charge in [-0.25, -0.2) is 16.8 Å². The van der Waals surface area contributed by atoms with Crippen LogP contribution in [-0.4, -0.2) is 48.0 Å². The Morgan fingerprint density at radius 2 is 1.08 bits per heavy atom. The summed E-state index contributed by atoms with van der Waals surface area (Å²) < 4.78 is 57.6. The van der Waals surface area contributed by atoms with E-state index >= 15 is 0 Å². The lowest BCUT2D eigenvalue weighted by Crippen LogP contribution is -2.69. The van der Waals surface area contributed by atoms with Crippen molar-refractivity contribution in [2.24, 2.45) is 22.7 Å². The first-order valence-corrected chi connectivity index (χ1v) is 12.8. The van der Waals surface area contributed by atoms with E-state index in [9.17, 15) is 16.8 Å². The highest BCUT2D eigenvalue weighted by Gasteiger charge is 3.28. The van der Waals surface area contributed by atoms with Gasteiger partial charge >= 0.3 is 0 Å². The number of rotatable bonds is 2. The molecule has 146 valence electrons. The monoisotopic (exact) mass is 400 g/mol. The molecule has 7 aliphatic rings. The summed E-state index contributed by atoms with van der Waals surface area (Å²) in [5.74, 6) is 0.649. The van der Waals surface area contributed by atoms with Crippen LogP contribution >= 0.6 is 0 Å². The standard InChI is InChI=1S/C19H28O5S2/c1-14(2,3)25(20,21)18-12-16(18)10-7-8-11(9-10)17(16)13(24-12)19(17,18)26(22,23)15(4,5)6/h10-13H,7-9H2,1-6H3. The van der Waals surface area contributed by atoms with Crippen LogP contribution in [0.25, 0.3) is 0 Å². The second kappa shape index (κ2) is 3.47. The van der Waals surface area contributed by atoms with Gasteiger partial charge in [0.15, 0.2) is 19.7 Å². The van der Waals surface area contributed by atoms with Crippen LogP contribution in [0.15, 0.2) is 0 Å². The molecule has 7 fully saturated rings. The molecular formula is C19H28O5S2. The Balaban J connectivity index is 1.70. The predicted molar refractivity (Wildman–Crippen MR) is 97.2 cm³/mol. The van der Waals surface area contributed by atoms with E-state index < -0.39 is 61.7 Å². The van der Waals surface area contributed by atoms with E-state index in [1.165, 1.54) is 0 Å². The molecule has 4 bridgehead atoms. The molecule has 0 radical (unpaired) electrons. The molecule has 0 N–H and O–H groups in total. The molecule has 2 aliphatic heterocycles. The smallest absolute Gasteiger partial charge is 0.165 e. The van der Waals surface area contributed by atoms with E-state index in [1.807, 2.05) is 0 Å². The second-order valence-electron chi connectivity index (χ2n) is 11.5. The minimum atomic E-state index is -3.68. The highest BCUT2D eigenvalue weighted by atomic mass is 32.2. The first-order valence-electron chi connectivity index (χ1n) is 9.82. The highest BCUT2D eigenvalue weighted by molar-refractivity contribution is 7.99. The van der Waals surface area contributed by atoms with Crippen molar-refractivity contribution in [2.45, 2.75) is 92.0 Å². The van der Waals surface area contributed by atoms with Crippen LogP contribution in [0.3, 0.4) is 0 Å². The first-order chi connectivity index (χ1) is 11.7. The van der Waals surface area contributed by atoms with E-state index in [0.717, 1.165) is 19.3 Å². The van der Waals surface area contributed by atoms with Crippen molar-refractivity contribution >= 4 is 19.7 Å². The molecule has 0 amide bonds. The van der Waals surface area contributed by atoms with Crippen molar-refractivity contribution in [1.29, 1.82) is 0 Å². The minimum absolute atomic E-state index is 0.324. The van der Waals surface area contributed by atoms with Gasteiger partial charge in [-0.3, -0.25) is 0 Å². The average molecular weight is 401 g/mol. The van der Waals surface area contributed by atoms with Crippen molar-refractivity contribution in [3.05, 3.63) is 0 Å². The van der Waals surface area contributed by atoms with Crippen LogP contribution in [-0.2, 0) is 24.4 Å². The lowest BCUT2D eigenvalue weighted by atomic mass is 9.63. The summed E-state index contributed by atoms with van der Waals surface area (Å²) in [6, 6.07) is 0. The summed E-state index contributed by atoms with van der Waals surface area (Å²) in [5.41, 5.74) is -0.809. The van der Waals surface area contributed by atoms with Crippen LogP contribution in [0.2, 0.25) is 0 Å². The van der Waals surface area contributed by atoms with Gasteiger partial charge in [-0.2, -0.15) is 0 Å². The van der Waals surface area contributed by atoms with Crippen molar-refractivity contribution in [2.75, 3.05) is 0 Å². The maximum Gasteiger partial charge on any atom is 0.165 e. The van der Waals surface area contributed by atoms with E-state index in [2.05, 4.69) is 0 Å². The molecule has 0 aromatic rings. The molecule has 7 rings (SSSR count). The number of sulfone groups is 2. The first kappa shape index (κ1) is 16.8. The Hall–Kier alpha value is -0.140. The maximum atomic E-state index is 13.9. The molecule has 5 nitrogen and oxygen atoms in total. The summed E-state index contributed by atoms with van der Waals surface area (Å²) >= 11 is 0. The molecule has 8 atom stereocenters. The number of fused-ring (bicyclic) bond motifs is 2. The average Bonchev–Trinajstić information content (AvgIpc) is 2.93. The van der Waals surface area contributed by atoms with E-state index in [0.29, 0.717) is 11.8 Å². The molecular weight excluding hydrogens is 372 g/mol. The Kier molecular flexibility index (Phi) is 2.24. The third-order valence-electron chi connectivity index (χ3n) is 9.32. The quantitative estimate of drug-likeness (QED) is 0.709. The maximum absolute atomic E-state index is 13.9. The van der Waals surface area contributed by atoms with E-state index in [1.54, 1.807) is 41.5 Å². The van der Waals surface area contributed by atoms with Crippen LogP contribution in [0, 0.1) is 22.7 Å². The Morgan fingerprint density at radius 3 is 1.38 bits per heavy atom. The van der Waals surface area contributed by atoms with Crippen molar-refractivity contribution in [3.8, 4) is 0 Å². The fourth-order valence-corrected chi connectivity index (χ4v) is 15.7. The summed E-state index contributed by atoms with van der Waals surface area (Å²) in [4.78, 5) is 0. The van der Waals surface area contributed by atoms with Gasteiger partial charge in [0, 0.05) is 10.8 Å². The zero-order valence-corrected chi connectivity index (χ0v) is 17.9. The fraction of sp³-hybridized carbons (Fsp3) is 1.00. The van der Waals surface area contributed by atoms with Crippen LogP contribution in [0.4, 0.5) is 0 Å². The lowest BCUT2D eigenvalue weighted by molar-refractivity contribution is 0.0868. The molecule has 2 heterocycles.